The number of hydrogen-bond donors (Lipinski definition) is 4. The van der Waals surface area contributed by atoms with Gasteiger partial charge in [-0.15, -0.1) is 0 Å². The molecule has 3 rings (SSSR count). The molecule has 0 fully saturated rings. The van der Waals surface area contributed by atoms with Gasteiger partial charge in [-0.2, -0.15) is 0 Å². The summed E-state index contributed by atoms with van der Waals surface area (Å²) in [4.78, 5) is 41.1. The number of carbonyl (C=O) groups is 3. The first-order valence-electron chi connectivity index (χ1n) is 10.2. The molecule has 1 atom stereocenters. The lowest BCUT2D eigenvalue weighted by Crippen LogP contribution is -2.39. The number of ether oxygens (including phenoxy) is 3. The standard InChI is InChI=1S/C22H25N5O6/c1-2-31-21(29)10-17(14-6-7-18-19(9-14)33-13-32-18)27-20(28)11-24-22(30)15-4-3-5-16(8-15)25-12-26-23/h3-9,12,17H,2,10-11,13,23H2,1H3,(H,24,30)(H,25,26)(H,27,28). The summed E-state index contributed by atoms with van der Waals surface area (Å²) < 4.78 is 15.7. The summed E-state index contributed by atoms with van der Waals surface area (Å²) in [7, 11) is 0. The van der Waals surface area contributed by atoms with Gasteiger partial charge in [0.15, 0.2) is 11.5 Å². The van der Waals surface area contributed by atoms with E-state index >= 15 is 0 Å². The number of nitrogens with one attached hydrogen (secondary N) is 3. The molecular weight excluding hydrogens is 430 g/mol. The molecule has 2 amide bonds. The van der Waals surface area contributed by atoms with Crippen molar-refractivity contribution in [3.05, 3.63) is 53.6 Å². The van der Waals surface area contributed by atoms with Crippen LogP contribution in [0, 0.1) is 0 Å². The van der Waals surface area contributed by atoms with E-state index in [0.717, 1.165) is 0 Å². The molecule has 2 aromatic carbocycles. The van der Waals surface area contributed by atoms with Crippen LogP contribution in [-0.2, 0) is 14.3 Å². The summed E-state index contributed by atoms with van der Waals surface area (Å²) in [5.74, 6) is 4.86. The molecule has 2 aromatic rings. The summed E-state index contributed by atoms with van der Waals surface area (Å²) in [5.41, 5.74) is 3.77. The molecule has 0 aromatic heterocycles. The van der Waals surface area contributed by atoms with E-state index in [1.807, 2.05) is 0 Å². The predicted molar refractivity (Wildman–Crippen MR) is 119 cm³/mol. The topological polar surface area (TPSA) is 153 Å². The SMILES string of the molecule is CCOC(=O)CC(NC(=O)CNC(=O)c1cccc(N=CNN)c1)c1ccc2c(c1)OCO2. The third-order valence-electron chi connectivity index (χ3n) is 4.62. The van der Waals surface area contributed by atoms with Crippen LogP contribution >= 0.6 is 0 Å². The van der Waals surface area contributed by atoms with Crippen LogP contribution in [-0.4, -0.2) is 44.1 Å². The van der Waals surface area contributed by atoms with Gasteiger partial charge in [-0.05, 0) is 42.8 Å². The maximum atomic E-state index is 12.6. The van der Waals surface area contributed by atoms with Crippen molar-refractivity contribution in [2.24, 2.45) is 10.8 Å². The number of esters is 1. The number of hydrazine groups is 1. The van der Waals surface area contributed by atoms with Crippen molar-refractivity contribution >= 4 is 29.8 Å². The highest BCUT2D eigenvalue weighted by Crippen LogP contribution is 2.34. The first-order chi connectivity index (χ1) is 16.0. The largest absolute Gasteiger partial charge is 0.466 e. The molecule has 0 bridgehead atoms. The Morgan fingerprint density at radius 2 is 2.00 bits per heavy atom. The van der Waals surface area contributed by atoms with Gasteiger partial charge in [0.05, 0.1) is 31.3 Å². The first kappa shape index (κ1) is 23.5. The maximum absolute atomic E-state index is 12.6. The number of hydrogen-bond acceptors (Lipinski definition) is 8. The lowest BCUT2D eigenvalue weighted by Gasteiger charge is -2.19. The fourth-order valence-corrected chi connectivity index (χ4v) is 3.12. The third-order valence-corrected chi connectivity index (χ3v) is 4.62. The molecule has 1 unspecified atom stereocenters. The number of fused-ring (bicyclic) bond motifs is 1. The lowest BCUT2D eigenvalue weighted by molar-refractivity contribution is -0.143. The molecule has 0 radical (unpaired) electrons. The van der Waals surface area contributed by atoms with Crippen LogP contribution in [0.3, 0.4) is 0 Å². The second-order valence-electron chi connectivity index (χ2n) is 6.90. The second-order valence-corrected chi connectivity index (χ2v) is 6.90. The molecule has 174 valence electrons. The van der Waals surface area contributed by atoms with Crippen molar-refractivity contribution in [1.82, 2.24) is 16.1 Å². The van der Waals surface area contributed by atoms with Crippen LogP contribution in [0.25, 0.3) is 0 Å². The number of benzene rings is 2. The predicted octanol–water partition coefficient (Wildman–Crippen LogP) is 1.08. The first-order valence-corrected chi connectivity index (χ1v) is 10.2. The minimum absolute atomic E-state index is 0.0810. The zero-order valence-electron chi connectivity index (χ0n) is 18.0. The molecule has 1 aliphatic heterocycles. The van der Waals surface area contributed by atoms with Gasteiger partial charge in [0.1, 0.15) is 6.34 Å². The number of aliphatic imine (C=N–C) groups is 1. The van der Waals surface area contributed by atoms with Crippen LogP contribution in [0.5, 0.6) is 11.5 Å². The van der Waals surface area contributed by atoms with Crippen molar-refractivity contribution in [2.45, 2.75) is 19.4 Å². The summed E-state index contributed by atoms with van der Waals surface area (Å²) in [5, 5.41) is 5.32. The Balaban J connectivity index is 1.64. The van der Waals surface area contributed by atoms with Crippen molar-refractivity contribution < 1.29 is 28.6 Å². The van der Waals surface area contributed by atoms with Crippen molar-refractivity contribution in [3.63, 3.8) is 0 Å². The number of nitrogens with two attached hydrogens (primary N) is 1. The highest BCUT2D eigenvalue weighted by Gasteiger charge is 2.23. The molecule has 0 spiro atoms. The third kappa shape index (κ3) is 6.68. The van der Waals surface area contributed by atoms with Crippen LogP contribution in [0.2, 0.25) is 0 Å². The van der Waals surface area contributed by atoms with E-state index in [4.69, 9.17) is 20.1 Å². The Morgan fingerprint density at radius 1 is 1.18 bits per heavy atom. The fraction of sp³-hybridized carbons (Fsp3) is 0.273. The molecular formula is C22H25N5O6. The van der Waals surface area contributed by atoms with E-state index in [0.29, 0.717) is 28.3 Å². The average molecular weight is 455 g/mol. The van der Waals surface area contributed by atoms with Gasteiger partial charge < -0.3 is 30.3 Å². The van der Waals surface area contributed by atoms with Gasteiger partial charge in [-0.25, -0.2) is 10.8 Å². The molecule has 1 heterocycles. The van der Waals surface area contributed by atoms with Crippen molar-refractivity contribution in [1.29, 1.82) is 0 Å². The van der Waals surface area contributed by atoms with Gasteiger partial charge >= 0.3 is 5.97 Å². The van der Waals surface area contributed by atoms with E-state index in [-0.39, 0.29) is 26.4 Å². The quantitative estimate of drug-likeness (QED) is 0.136. The minimum atomic E-state index is -0.677. The van der Waals surface area contributed by atoms with E-state index < -0.39 is 23.8 Å². The zero-order chi connectivity index (χ0) is 23.6. The van der Waals surface area contributed by atoms with Gasteiger partial charge in [-0.1, -0.05) is 12.1 Å². The highest BCUT2D eigenvalue weighted by atomic mass is 16.7. The van der Waals surface area contributed by atoms with Crippen molar-refractivity contribution in [3.8, 4) is 11.5 Å². The number of rotatable bonds is 10. The summed E-state index contributed by atoms with van der Waals surface area (Å²) in [6.45, 7) is 1.74. The molecule has 33 heavy (non-hydrogen) atoms. The lowest BCUT2D eigenvalue weighted by atomic mass is 10.0. The molecule has 11 nitrogen and oxygen atoms in total. The molecule has 0 aliphatic carbocycles. The molecule has 11 heteroatoms. The average Bonchev–Trinajstić information content (AvgIpc) is 3.29. The smallest absolute Gasteiger partial charge is 0.308 e. The monoisotopic (exact) mass is 455 g/mol. The number of amides is 2. The highest BCUT2D eigenvalue weighted by molar-refractivity contribution is 5.97. The van der Waals surface area contributed by atoms with Gasteiger partial charge in [-0.3, -0.25) is 14.4 Å². The Hall–Kier alpha value is -4.12. The second kappa shape index (κ2) is 11.5. The van der Waals surface area contributed by atoms with E-state index in [9.17, 15) is 14.4 Å². The normalized spacial score (nSPS) is 12.8. The molecule has 0 saturated heterocycles. The Morgan fingerprint density at radius 3 is 2.79 bits per heavy atom. The Kier molecular flexibility index (Phi) is 8.19. The van der Waals surface area contributed by atoms with Crippen molar-refractivity contribution in [2.75, 3.05) is 19.9 Å². The van der Waals surface area contributed by atoms with Gasteiger partial charge in [0, 0.05) is 5.56 Å². The summed E-state index contributed by atoms with van der Waals surface area (Å²) >= 11 is 0. The molecule has 5 N–H and O–H groups in total. The summed E-state index contributed by atoms with van der Waals surface area (Å²) in [6, 6.07) is 11.0. The van der Waals surface area contributed by atoms with E-state index in [1.165, 1.54) is 6.34 Å². The van der Waals surface area contributed by atoms with Crippen LogP contribution < -0.4 is 31.4 Å². The molecule has 0 saturated carbocycles. The van der Waals surface area contributed by atoms with Gasteiger partial charge in [0.25, 0.3) is 5.91 Å². The Bertz CT molecular complexity index is 1040. The minimum Gasteiger partial charge on any atom is -0.466 e. The fourth-order valence-electron chi connectivity index (χ4n) is 3.12. The maximum Gasteiger partial charge on any atom is 0.308 e. The number of nitrogens with zero attached hydrogens (tertiary/aromatic N) is 1. The van der Waals surface area contributed by atoms with Gasteiger partial charge in [0.2, 0.25) is 12.7 Å². The Labute approximate surface area is 190 Å². The van der Waals surface area contributed by atoms with Crippen LogP contribution in [0.1, 0.15) is 35.3 Å². The summed E-state index contributed by atoms with van der Waals surface area (Å²) in [6.07, 6.45) is 1.20. The zero-order valence-corrected chi connectivity index (χ0v) is 18.0. The number of carbonyl (C=O) groups excluding carboxylic acids is 3. The van der Waals surface area contributed by atoms with Crippen LogP contribution in [0.15, 0.2) is 47.5 Å². The van der Waals surface area contributed by atoms with Crippen LogP contribution in [0.4, 0.5) is 5.69 Å². The molecule has 1 aliphatic rings. The van der Waals surface area contributed by atoms with E-state index in [1.54, 1.807) is 49.4 Å². The van der Waals surface area contributed by atoms with E-state index in [2.05, 4.69) is 21.1 Å².